The molecule has 1 atom stereocenters. The van der Waals surface area contributed by atoms with Gasteiger partial charge in [0, 0.05) is 17.3 Å². The molecule has 0 amide bonds. The van der Waals surface area contributed by atoms with Gasteiger partial charge in [-0.25, -0.2) is 9.97 Å². The van der Waals surface area contributed by atoms with Crippen molar-refractivity contribution in [3.05, 3.63) is 54.1 Å². The molecule has 3 heterocycles. The number of hydrogen-bond donors (Lipinski definition) is 2. The number of nitrogen functional groups attached to an aromatic ring is 1. The van der Waals surface area contributed by atoms with E-state index in [1.54, 1.807) is 0 Å². The number of para-hydroxylation sites is 1. The van der Waals surface area contributed by atoms with Gasteiger partial charge in [0.15, 0.2) is 0 Å². The monoisotopic (exact) mass is 293 g/mol. The molecule has 0 unspecified atom stereocenters. The van der Waals surface area contributed by atoms with Gasteiger partial charge < -0.3 is 10.7 Å². The number of likely N-dealkylation sites (tertiary alicyclic amines) is 1. The number of anilines is 1. The van der Waals surface area contributed by atoms with Crippen LogP contribution in [0.2, 0.25) is 0 Å². The van der Waals surface area contributed by atoms with Crippen LogP contribution in [0.15, 0.2) is 42.6 Å². The maximum Gasteiger partial charge on any atom is 0.145 e. The highest BCUT2D eigenvalue weighted by Gasteiger charge is 2.27. The lowest BCUT2D eigenvalue weighted by molar-refractivity contribution is 0.239. The number of rotatable bonds is 3. The number of hydrogen-bond acceptors (Lipinski definition) is 4. The zero-order valence-electron chi connectivity index (χ0n) is 12.4. The molecule has 0 saturated carbocycles. The summed E-state index contributed by atoms with van der Waals surface area (Å²) in [7, 11) is 0. The highest BCUT2D eigenvalue weighted by molar-refractivity contribution is 5.87. The summed E-state index contributed by atoms with van der Waals surface area (Å²) >= 11 is 0. The van der Waals surface area contributed by atoms with Gasteiger partial charge in [-0.05, 0) is 43.7 Å². The maximum atomic E-state index is 6.08. The molecule has 0 aliphatic carbocycles. The van der Waals surface area contributed by atoms with E-state index in [0.29, 0.717) is 11.9 Å². The van der Waals surface area contributed by atoms with Gasteiger partial charge in [-0.1, -0.05) is 12.1 Å². The molecule has 3 N–H and O–H groups in total. The fraction of sp³-hybridized carbons (Fsp3) is 0.294. The molecule has 1 fully saturated rings. The van der Waals surface area contributed by atoms with Crippen molar-refractivity contribution in [1.82, 2.24) is 19.9 Å². The lowest BCUT2D eigenvalue weighted by Gasteiger charge is -2.23. The highest BCUT2D eigenvalue weighted by Crippen LogP contribution is 2.32. The molecule has 0 spiro atoms. The van der Waals surface area contributed by atoms with Crippen molar-refractivity contribution in [1.29, 1.82) is 0 Å². The van der Waals surface area contributed by atoms with Crippen LogP contribution in [0.3, 0.4) is 0 Å². The van der Waals surface area contributed by atoms with Crippen molar-refractivity contribution in [2.75, 3.05) is 12.3 Å². The van der Waals surface area contributed by atoms with Crippen molar-refractivity contribution < 1.29 is 0 Å². The summed E-state index contributed by atoms with van der Waals surface area (Å²) in [6.07, 6.45) is 4.35. The number of nitrogens with two attached hydrogens (primary N) is 1. The maximum absolute atomic E-state index is 6.08. The number of aromatic amines is 1. The average molecular weight is 293 g/mol. The Morgan fingerprint density at radius 3 is 2.95 bits per heavy atom. The van der Waals surface area contributed by atoms with Gasteiger partial charge >= 0.3 is 0 Å². The van der Waals surface area contributed by atoms with Crippen LogP contribution in [-0.4, -0.2) is 26.4 Å². The molecule has 0 radical (unpaired) electrons. The number of nitrogens with zero attached hydrogens (tertiary/aromatic N) is 3. The Labute approximate surface area is 129 Å². The standard InChI is InChI=1S/C17H19N5/c18-17-12-5-1-2-6-13(12)20-16(21-17)11-22-10-4-8-15(22)14-7-3-9-19-14/h1-3,5-7,9,15,19H,4,8,10-11H2,(H2,18,20,21)/t15-/m1/s1. The molecule has 1 aliphatic rings. The third-order valence-corrected chi connectivity index (χ3v) is 4.37. The van der Waals surface area contributed by atoms with Gasteiger partial charge in [0.05, 0.1) is 18.1 Å². The minimum atomic E-state index is 0.422. The van der Waals surface area contributed by atoms with E-state index in [1.165, 1.54) is 18.5 Å². The van der Waals surface area contributed by atoms with E-state index in [1.807, 2.05) is 30.5 Å². The van der Waals surface area contributed by atoms with Crippen LogP contribution in [0.25, 0.3) is 10.9 Å². The number of fused-ring (bicyclic) bond motifs is 1. The predicted molar refractivity (Wildman–Crippen MR) is 87.1 cm³/mol. The lowest BCUT2D eigenvalue weighted by Crippen LogP contribution is -2.24. The van der Waals surface area contributed by atoms with E-state index in [4.69, 9.17) is 5.73 Å². The molecule has 2 aromatic heterocycles. The first-order chi connectivity index (χ1) is 10.8. The van der Waals surface area contributed by atoms with E-state index in [2.05, 4.69) is 32.0 Å². The summed E-state index contributed by atoms with van der Waals surface area (Å²) in [5, 5.41) is 0.925. The van der Waals surface area contributed by atoms with Gasteiger partial charge in [0.1, 0.15) is 11.6 Å². The van der Waals surface area contributed by atoms with Crippen LogP contribution < -0.4 is 5.73 Å². The van der Waals surface area contributed by atoms with Crippen LogP contribution in [0.5, 0.6) is 0 Å². The molecule has 1 saturated heterocycles. The van der Waals surface area contributed by atoms with Crippen LogP contribution in [0.4, 0.5) is 5.82 Å². The fourth-order valence-electron chi connectivity index (χ4n) is 3.32. The summed E-state index contributed by atoms with van der Waals surface area (Å²) in [5.41, 5.74) is 8.27. The first kappa shape index (κ1) is 13.3. The van der Waals surface area contributed by atoms with E-state index >= 15 is 0 Å². The van der Waals surface area contributed by atoms with Gasteiger partial charge in [0.25, 0.3) is 0 Å². The molecule has 3 aromatic rings. The SMILES string of the molecule is Nc1nc(CN2CCC[C@@H]2c2ccc[nH]2)nc2ccccc12. The van der Waals surface area contributed by atoms with Crippen molar-refractivity contribution >= 4 is 16.7 Å². The Morgan fingerprint density at radius 1 is 1.18 bits per heavy atom. The van der Waals surface area contributed by atoms with Gasteiger partial charge in [0.2, 0.25) is 0 Å². The lowest BCUT2D eigenvalue weighted by atomic mass is 10.1. The molecule has 1 aromatic carbocycles. The number of aromatic nitrogens is 3. The molecule has 1 aliphatic heterocycles. The zero-order valence-corrected chi connectivity index (χ0v) is 12.4. The Morgan fingerprint density at radius 2 is 2.09 bits per heavy atom. The highest BCUT2D eigenvalue weighted by atomic mass is 15.2. The van der Waals surface area contributed by atoms with E-state index in [9.17, 15) is 0 Å². The van der Waals surface area contributed by atoms with E-state index in [-0.39, 0.29) is 0 Å². The number of nitrogens with one attached hydrogen (secondary N) is 1. The second-order valence-corrected chi connectivity index (χ2v) is 5.80. The van der Waals surface area contributed by atoms with Gasteiger partial charge in [-0.3, -0.25) is 4.90 Å². The summed E-state index contributed by atoms with van der Waals surface area (Å²) in [6, 6.07) is 12.5. The van der Waals surface area contributed by atoms with Gasteiger partial charge in [-0.2, -0.15) is 0 Å². The van der Waals surface area contributed by atoms with Crippen molar-refractivity contribution in [3.63, 3.8) is 0 Å². The first-order valence-corrected chi connectivity index (χ1v) is 7.70. The number of H-pyrrole nitrogens is 1. The second-order valence-electron chi connectivity index (χ2n) is 5.80. The van der Waals surface area contributed by atoms with Crippen LogP contribution >= 0.6 is 0 Å². The average Bonchev–Trinajstić information content (AvgIpc) is 3.18. The second kappa shape index (κ2) is 5.42. The minimum absolute atomic E-state index is 0.422. The fourth-order valence-corrected chi connectivity index (χ4v) is 3.32. The summed E-state index contributed by atoms with van der Waals surface area (Å²) in [4.78, 5) is 14.9. The number of benzene rings is 1. The first-order valence-electron chi connectivity index (χ1n) is 7.70. The molecule has 5 heteroatoms. The molecule has 5 nitrogen and oxygen atoms in total. The summed E-state index contributed by atoms with van der Waals surface area (Å²) in [6.45, 7) is 1.80. The molecule has 112 valence electrons. The van der Waals surface area contributed by atoms with Crippen LogP contribution in [0, 0.1) is 0 Å². The third-order valence-electron chi connectivity index (χ3n) is 4.37. The minimum Gasteiger partial charge on any atom is -0.383 e. The third kappa shape index (κ3) is 2.33. The largest absolute Gasteiger partial charge is 0.383 e. The Balaban J connectivity index is 1.63. The van der Waals surface area contributed by atoms with Gasteiger partial charge in [-0.15, -0.1) is 0 Å². The molecular formula is C17H19N5. The smallest absolute Gasteiger partial charge is 0.145 e. The summed E-state index contributed by atoms with van der Waals surface area (Å²) in [5.74, 6) is 1.37. The zero-order chi connectivity index (χ0) is 14.9. The molecule has 4 rings (SSSR count). The topological polar surface area (TPSA) is 70.8 Å². The molecule has 0 bridgehead atoms. The normalized spacial score (nSPS) is 19.0. The van der Waals surface area contributed by atoms with Crippen molar-refractivity contribution in [2.24, 2.45) is 0 Å². The predicted octanol–water partition coefficient (Wildman–Crippen LogP) is 2.88. The molecule has 22 heavy (non-hydrogen) atoms. The van der Waals surface area contributed by atoms with Crippen LogP contribution in [-0.2, 0) is 6.54 Å². The van der Waals surface area contributed by atoms with E-state index in [0.717, 1.165) is 29.8 Å². The van der Waals surface area contributed by atoms with Crippen LogP contribution in [0.1, 0.15) is 30.4 Å². The Hall–Kier alpha value is -2.40. The Bertz CT molecular complexity index is 781. The molecular weight excluding hydrogens is 274 g/mol. The summed E-state index contributed by atoms with van der Waals surface area (Å²) < 4.78 is 0. The quantitative estimate of drug-likeness (QED) is 0.779. The van der Waals surface area contributed by atoms with E-state index < -0.39 is 0 Å². The van der Waals surface area contributed by atoms with Crippen molar-refractivity contribution in [2.45, 2.75) is 25.4 Å². The van der Waals surface area contributed by atoms with Crippen molar-refractivity contribution in [3.8, 4) is 0 Å². The Kier molecular flexibility index (Phi) is 3.27.